The molecule has 0 amide bonds. The van der Waals surface area contributed by atoms with E-state index in [-0.39, 0.29) is 11.2 Å². The van der Waals surface area contributed by atoms with Gasteiger partial charge in [-0.25, -0.2) is 14.4 Å². The number of halogens is 1. The molecule has 1 aliphatic rings. The van der Waals surface area contributed by atoms with Gasteiger partial charge in [0.05, 0.1) is 11.4 Å². The van der Waals surface area contributed by atoms with Gasteiger partial charge in [0.15, 0.2) is 5.16 Å². The molecule has 3 N–H and O–H groups in total. The summed E-state index contributed by atoms with van der Waals surface area (Å²) in [5.74, 6) is 0.461. The molecule has 0 spiro atoms. The Bertz CT molecular complexity index is 1080. The predicted octanol–water partition coefficient (Wildman–Crippen LogP) is 5.54. The number of aromatic amines is 1. The molecule has 0 radical (unpaired) electrons. The summed E-state index contributed by atoms with van der Waals surface area (Å²) in [4.78, 5) is 9.32. The molecule has 1 aliphatic carbocycles. The lowest BCUT2D eigenvalue weighted by Gasteiger charge is -2.29. The van der Waals surface area contributed by atoms with Crippen LogP contribution >= 0.6 is 23.7 Å². The van der Waals surface area contributed by atoms with Crippen LogP contribution in [-0.4, -0.2) is 32.7 Å². The van der Waals surface area contributed by atoms with Crippen LogP contribution in [0, 0.1) is 11.2 Å². The van der Waals surface area contributed by atoms with E-state index in [9.17, 15) is 4.39 Å². The molecule has 3 aromatic rings. The molecular formula is C22H27FN6S2. The Morgan fingerprint density at radius 1 is 1.19 bits per heavy atom. The van der Waals surface area contributed by atoms with Crippen LogP contribution < -0.4 is 10.0 Å². The van der Waals surface area contributed by atoms with E-state index < -0.39 is 0 Å². The normalized spacial score (nSPS) is 14.9. The Hall–Kier alpha value is -2.26. The van der Waals surface area contributed by atoms with Gasteiger partial charge in [-0.3, -0.25) is 5.10 Å². The second-order valence-electron chi connectivity index (χ2n) is 8.46. The number of H-pyrrole nitrogens is 1. The van der Waals surface area contributed by atoms with Gasteiger partial charge in [-0.15, -0.1) is 0 Å². The van der Waals surface area contributed by atoms with Gasteiger partial charge < -0.3 is 10.0 Å². The van der Waals surface area contributed by atoms with Crippen LogP contribution in [-0.2, 0) is 19.4 Å². The molecule has 0 saturated heterocycles. The molecule has 4 rings (SSSR count). The van der Waals surface area contributed by atoms with Crippen molar-refractivity contribution in [1.82, 2.24) is 20.2 Å². The standard InChI is InChI=1S/C22H27FN6S2/c1-22(2)8-7-15-18(11-22)27-28-20(15)17-10-19(26-21(25-17)30-3)24-12-13-5-6-14(23)9-16(13)29-31-4/h5-6,9-10,29H,7-8,11-12H2,1-4H3,(H,27,28)(H,24,25,26). The first kappa shape index (κ1) is 22.0. The van der Waals surface area contributed by atoms with Gasteiger partial charge in [-0.2, -0.15) is 5.10 Å². The van der Waals surface area contributed by atoms with Gasteiger partial charge in [0.25, 0.3) is 0 Å². The minimum Gasteiger partial charge on any atom is -0.366 e. The maximum absolute atomic E-state index is 13.6. The Balaban J connectivity index is 1.61. The number of aromatic nitrogens is 4. The van der Waals surface area contributed by atoms with E-state index in [1.165, 1.54) is 47.1 Å². The predicted molar refractivity (Wildman–Crippen MR) is 128 cm³/mol. The Labute approximate surface area is 190 Å². The molecule has 2 heterocycles. The van der Waals surface area contributed by atoms with Crippen molar-refractivity contribution in [3.63, 3.8) is 0 Å². The van der Waals surface area contributed by atoms with Crippen molar-refractivity contribution in [3.8, 4) is 11.4 Å². The highest BCUT2D eigenvalue weighted by molar-refractivity contribution is 7.99. The molecule has 31 heavy (non-hydrogen) atoms. The fourth-order valence-corrected chi connectivity index (χ4v) is 4.67. The zero-order valence-electron chi connectivity index (χ0n) is 18.2. The van der Waals surface area contributed by atoms with Gasteiger partial charge in [0.1, 0.15) is 17.3 Å². The minimum absolute atomic E-state index is 0.263. The fourth-order valence-electron chi connectivity index (χ4n) is 3.88. The summed E-state index contributed by atoms with van der Waals surface area (Å²) >= 11 is 2.93. The lowest BCUT2D eigenvalue weighted by molar-refractivity contribution is 0.312. The molecule has 0 saturated carbocycles. The third-order valence-electron chi connectivity index (χ3n) is 5.53. The maximum atomic E-state index is 13.6. The highest BCUT2D eigenvalue weighted by atomic mass is 32.2. The second-order valence-corrected chi connectivity index (χ2v) is 9.84. The van der Waals surface area contributed by atoms with Gasteiger partial charge in [-0.1, -0.05) is 43.6 Å². The number of hydrogen-bond donors (Lipinski definition) is 3. The number of anilines is 2. The summed E-state index contributed by atoms with van der Waals surface area (Å²) in [5.41, 5.74) is 6.21. The molecule has 0 fully saturated rings. The zero-order valence-corrected chi connectivity index (χ0v) is 19.8. The first-order valence-electron chi connectivity index (χ1n) is 10.2. The summed E-state index contributed by atoms with van der Waals surface area (Å²) in [6, 6.07) is 6.70. The number of thioether (sulfide) groups is 1. The molecule has 9 heteroatoms. The molecule has 0 aliphatic heterocycles. The van der Waals surface area contributed by atoms with Crippen molar-refractivity contribution in [2.45, 2.75) is 44.8 Å². The number of hydrogen-bond acceptors (Lipinski definition) is 7. The van der Waals surface area contributed by atoms with Crippen LogP contribution in [0.3, 0.4) is 0 Å². The van der Waals surface area contributed by atoms with E-state index >= 15 is 0 Å². The number of fused-ring (bicyclic) bond motifs is 1. The van der Waals surface area contributed by atoms with E-state index in [1.807, 2.05) is 18.6 Å². The smallest absolute Gasteiger partial charge is 0.189 e. The number of nitrogens with zero attached hydrogens (tertiary/aromatic N) is 3. The maximum Gasteiger partial charge on any atom is 0.189 e. The summed E-state index contributed by atoms with van der Waals surface area (Å²) < 4.78 is 16.8. The average Bonchev–Trinajstić information content (AvgIpc) is 3.15. The number of benzene rings is 1. The van der Waals surface area contributed by atoms with Crippen molar-refractivity contribution in [2.75, 3.05) is 22.6 Å². The lowest BCUT2D eigenvalue weighted by Crippen LogP contribution is -2.22. The summed E-state index contributed by atoms with van der Waals surface area (Å²) in [5, 5.41) is 11.9. The Kier molecular flexibility index (Phi) is 6.43. The van der Waals surface area contributed by atoms with Gasteiger partial charge in [-0.05, 0) is 48.6 Å². The quantitative estimate of drug-likeness (QED) is 0.244. The molecule has 0 atom stereocenters. The SMILES string of the molecule is CSNc1cc(F)ccc1CNc1cc(-c2n[nH]c3c2CCC(C)(C)C3)nc(SC)n1. The first-order valence-corrected chi connectivity index (χ1v) is 12.6. The molecule has 164 valence electrons. The van der Waals surface area contributed by atoms with E-state index in [0.29, 0.717) is 11.7 Å². The van der Waals surface area contributed by atoms with Crippen LogP contribution in [0.4, 0.5) is 15.9 Å². The first-order chi connectivity index (χ1) is 14.9. The third kappa shape index (κ3) is 4.98. The molecule has 6 nitrogen and oxygen atoms in total. The molecular weight excluding hydrogens is 431 g/mol. The zero-order chi connectivity index (χ0) is 22.0. The largest absolute Gasteiger partial charge is 0.366 e. The van der Waals surface area contributed by atoms with Crippen LogP contribution in [0.2, 0.25) is 0 Å². The third-order valence-corrected chi connectivity index (χ3v) is 6.51. The highest BCUT2D eigenvalue weighted by Gasteiger charge is 2.29. The Morgan fingerprint density at radius 3 is 2.81 bits per heavy atom. The van der Waals surface area contributed by atoms with Crippen molar-refractivity contribution in [1.29, 1.82) is 0 Å². The monoisotopic (exact) mass is 458 g/mol. The number of nitrogens with one attached hydrogen (secondary N) is 3. The van der Waals surface area contributed by atoms with E-state index in [1.54, 1.807) is 6.07 Å². The average molecular weight is 459 g/mol. The van der Waals surface area contributed by atoms with Crippen molar-refractivity contribution >= 4 is 35.2 Å². The topological polar surface area (TPSA) is 78.5 Å². The van der Waals surface area contributed by atoms with Crippen molar-refractivity contribution in [2.24, 2.45) is 5.41 Å². The van der Waals surface area contributed by atoms with Crippen LogP contribution in [0.15, 0.2) is 29.4 Å². The van der Waals surface area contributed by atoms with E-state index in [4.69, 9.17) is 4.98 Å². The van der Waals surface area contributed by atoms with E-state index in [0.717, 1.165) is 47.7 Å². The summed E-state index contributed by atoms with van der Waals surface area (Å²) in [6.07, 6.45) is 7.00. The number of rotatable bonds is 7. The fraction of sp³-hybridized carbons (Fsp3) is 0.409. The van der Waals surface area contributed by atoms with Crippen molar-refractivity contribution < 1.29 is 4.39 Å². The molecule has 0 unspecified atom stereocenters. The Morgan fingerprint density at radius 2 is 2.03 bits per heavy atom. The van der Waals surface area contributed by atoms with E-state index in [2.05, 4.69) is 39.1 Å². The van der Waals surface area contributed by atoms with Gasteiger partial charge >= 0.3 is 0 Å². The molecule has 1 aromatic carbocycles. The second kappa shape index (κ2) is 9.08. The summed E-state index contributed by atoms with van der Waals surface area (Å²) in [7, 11) is 0. The molecule has 2 aromatic heterocycles. The van der Waals surface area contributed by atoms with Crippen LogP contribution in [0.1, 0.15) is 37.1 Å². The van der Waals surface area contributed by atoms with Gasteiger partial charge in [0, 0.05) is 30.1 Å². The molecule has 0 bridgehead atoms. The lowest BCUT2D eigenvalue weighted by atomic mass is 9.76. The van der Waals surface area contributed by atoms with Crippen molar-refractivity contribution in [3.05, 3.63) is 46.9 Å². The van der Waals surface area contributed by atoms with Crippen LogP contribution in [0.25, 0.3) is 11.4 Å². The summed E-state index contributed by atoms with van der Waals surface area (Å²) in [6.45, 7) is 5.11. The van der Waals surface area contributed by atoms with Gasteiger partial charge in [0.2, 0.25) is 0 Å². The minimum atomic E-state index is -0.263. The van der Waals surface area contributed by atoms with Crippen LogP contribution in [0.5, 0.6) is 0 Å². The highest BCUT2D eigenvalue weighted by Crippen LogP contribution is 2.38.